The summed E-state index contributed by atoms with van der Waals surface area (Å²) in [5, 5.41) is 3.84. The van der Waals surface area contributed by atoms with Crippen molar-refractivity contribution in [3.8, 4) is 0 Å². The smallest absolute Gasteiger partial charge is 0.234 e. The van der Waals surface area contributed by atoms with Crippen molar-refractivity contribution in [1.29, 1.82) is 0 Å². The summed E-state index contributed by atoms with van der Waals surface area (Å²) in [5.74, 6) is 0.195. The number of aromatic nitrogens is 1. The third-order valence-corrected chi connectivity index (χ3v) is 5.56. The number of hydrogen-bond acceptors (Lipinski definition) is 6. The van der Waals surface area contributed by atoms with E-state index in [-0.39, 0.29) is 5.91 Å². The standard InChI is InChI=1S/C16H27N5OS/c17-16-18-10-14(23-16)11-20-6-8-21(9-7-20)12-15(22)19-13-4-2-1-3-5-13/h10,13H,1-9,11-12H2,(H2,17,18)(H,19,22). The van der Waals surface area contributed by atoms with E-state index in [1.807, 2.05) is 6.20 Å². The Morgan fingerprint density at radius 1 is 1.22 bits per heavy atom. The number of hydrogen-bond donors (Lipinski definition) is 2. The maximum Gasteiger partial charge on any atom is 0.234 e. The molecule has 128 valence electrons. The molecular weight excluding hydrogens is 310 g/mol. The van der Waals surface area contributed by atoms with Crippen LogP contribution in [0.1, 0.15) is 37.0 Å². The number of piperazine rings is 1. The molecule has 2 fully saturated rings. The van der Waals surface area contributed by atoms with E-state index in [9.17, 15) is 4.79 Å². The fourth-order valence-corrected chi connectivity index (χ4v) is 4.17. The number of nitrogen functional groups attached to an aromatic ring is 1. The van der Waals surface area contributed by atoms with Crippen LogP contribution in [0.2, 0.25) is 0 Å². The summed E-state index contributed by atoms with van der Waals surface area (Å²) >= 11 is 1.56. The van der Waals surface area contributed by atoms with Gasteiger partial charge in [-0.25, -0.2) is 4.98 Å². The Labute approximate surface area is 142 Å². The second-order valence-electron chi connectivity index (χ2n) is 6.62. The van der Waals surface area contributed by atoms with Crippen molar-refractivity contribution in [3.63, 3.8) is 0 Å². The Morgan fingerprint density at radius 2 is 1.91 bits per heavy atom. The number of carbonyl (C=O) groups excluding carboxylic acids is 1. The molecule has 1 aliphatic carbocycles. The number of carbonyl (C=O) groups is 1. The summed E-state index contributed by atoms with van der Waals surface area (Å²) < 4.78 is 0. The fraction of sp³-hybridized carbons (Fsp3) is 0.750. The molecule has 2 heterocycles. The van der Waals surface area contributed by atoms with Gasteiger partial charge in [-0.2, -0.15) is 0 Å². The van der Waals surface area contributed by atoms with Gasteiger partial charge in [-0.3, -0.25) is 14.6 Å². The van der Waals surface area contributed by atoms with Crippen LogP contribution in [-0.4, -0.2) is 59.5 Å². The predicted octanol–water partition coefficient (Wildman–Crippen LogP) is 1.29. The molecule has 0 bridgehead atoms. The topological polar surface area (TPSA) is 74.5 Å². The molecule has 23 heavy (non-hydrogen) atoms. The first-order valence-corrected chi connectivity index (χ1v) is 9.45. The van der Waals surface area contributed by atoms with Crippen molar-refractivity contribution in [2.45, 2.75) is 44.7 Å². The van der Waals surface area contributed by atoms with Crippen molar-refractivity contribution in [3.05, 3.63) is 11.1 Å². The van der Waals surface area contributed by atoms with Gasteiger partial charge in [0.15, 0.2) is 5.13 Å². The molecule has 1 aromatic heterocycles. The Hall–Kier alpha value is -1.18. The zero-order valence-corrected chi connectivity index (χ0v) is 14.5. The highest BCUT2D eigenvalue weighted by Gasteiger charge is 2.21. The largest absolute Gasteiger partial charge is 0.375 e. The molecule has 7 heteroatoms. The summed E-state index contributed by atoms with van der Waals surface area (Å²) in [4.78, 5) is 22.1. The van der Waals surface area contributed by atoms with Crippen LogP contribution in [0.4, 0.5) is 5.13 Å². The second-order valence-corrected chi connectivity index (χ2v) is 7.77. The zero-order chi connectivity index (χ0) is 16.1. The van der Waals surface area contributed by atoms with E-state index in [1.165, 1.54) is 24.1 Å². The van der Waals surface area contributed by atoms with Gasteiger partial charge in [0, 0.05) is 49.8 Å². The highest BCUT2D eigenvalue weighted by molar-refractivity contribution is 7.15. The van der Waals surface area contributed by atoms with Crippen LogP contribution < -0.4 is 11.1 Å². The van der Waals surface area contributed by atoms with Crippen molar-refractivity contribution in [2.75, 3.05) is 38.5 Å². The molecule has 0 atom stereocenters. The van der Waals surface area contributed by atoms with Crippen molar-refractivity contribution in [2.24, 2.45) is 0 Å². The lowest BCUT2D eigenvalue weighted by atomic mass is 9.95. The minimum atomic E-state index is 0.195. The molecule has 0 radical (unpaired) electrons. The normalized spacial score (nSPS) is 21.4. The molecule has 0 spiro atoms. The molecular formula is C16H27N5OS. The quantitative estimate of drug-likeness (QED) is 0.847. The molecule has 2 aliphatic rings. The van der Waals surface area contributed by atoms with E-state index in [0.717, 1.165) is 45.6 Å². The molecule has 0 aromatic carbocycles. The maximum atomic E-state index is 12.2. The van der Waals surface area contributed by atoms with Crippen molar-refractivity contribution >= 4 is 22.4 Å². The number of nitrogens with zero attached hydrogens (tertiary/aromatic N) is 3. The van der Waals surface area contributed by atoms with Crippen LogP contribution in [0, 0.1) is 0 Å². The molecule has 3 N–H and O–H groups in total. The molecule has 6 nitrogen and oxygen atoms in total. The first-order chi connectivity index (χ1) is 11.2. The SMILES string of the molecule is Nc1ncc(CN2CCN(CC(=O)NC3CCCCC3)CC2)s1. The molecule has 1 amide bonds. The Kier molecular flexibility index (Phi) is 5.85. The number of anilines is 1. The molecule has 1 aliphatic heterocycles. The van der Waals surface area contributed by atoms with Gasteiger partial charge in [0.2, 0.25) is 5.91 Å². The maximum absolute atomic E-state index is 12.2. The van der Waals surface area contributed by atoms with Crippen LogP contribution >= 0.6 is 11.3 Å². The van der Waals surface area contributed by atoms with Crippen LogP contribution in [0.15, 0.2) is 6.20 Å². The minimum Gasteiger partial charge on any atom is -0.375 e. The monoisotopic (exact) mass is 337 g/mol. The Morgan fingerprint density at radius 3 is 2.57 bits per heavy atom. The van der Waals surface area contributed by atoms with Gasteiger partial charge in [-0.1, -0.05) is 19.3 Å². The van der Waals surface area contributed by atoms with Gasteiger partial charge >= 0.3 is 0 Å². The zero-order valence-electron chi connectivity index (χ0n) is 13.7. The molecule has 1 aromatic rings. The second kappa shape index (κ2) is 8.08. The highest BCUT2D eigenvalue weighted by Crippen LogP contribution is 2.18. The van der Waals surface area contributed by atoms with Gasteiger partial charge in [0.25, 0.3) is 0 Å². The van der Waals surface area contributed by atoms with E-state index in [1.54, 1.807) is 11.3 Å². The summed E-state index contributed by atoms with van der Waals surface area (Å²) in [6, 6.07) is 0.411. The summed E-state index contributed by atoms with van der Waals surface area (Å²) in [6.07, 6.45) is 8.00. The van der Waals surface area contributed by atoms with Gasteiger partial charge in [-0.05, 0) is 12.8 Å². The van der Waals surface area contributed by atoms with E-state index in [2.05, 4.69) is 20.1 Å². The highest BCUT2D eigenvalue weighted by atomic mass is 32.1. The van der Waals surface area contributed by atoms with Crippen LogP contribution in [0.5, 0.6) is 0 Å². The lowest BCUT2D eigenvalue weighted by Crippen LogP contribution is -2.50. The number of thiazole rings is 1. The summed E-state index contributed by atoms with van der Waals surface area (Å²) in [5.41, 5.74) is 5.67. The van der Waals surface area contributed by atoms with E-state index >= 15 is 0 Å². The van der Waals surface area contributed by atoms with E-state index in [4.69, 9.17) is 5.73 Å². The third-order valence-electron chi connectivity index (χ3n) is 4.75. The molecule has 0 unspecified atom stereocenters. The van der Waals surface area contributed by atoms with Gasteiger partial charge in [-0.15, -0.1) is 11.3 Å². The van der Waals surface area contributed by atoms with Gasteiger partial charge in [0.05, 0.1) is 6.54 Å². The van der Waals surface area contributed by atoms with E-state index < -0.39 is 0 Å². The average Bonchev–Trinajstić information content (AvgIpc) is 2.95. The molecule has 3 rings (SSSR count). The predicted molar refractivity (Wildman–Crippen MR) is 93.3 cm³/mol. The van der Waals surface area contributed by atoms with E-state index in [0.29, 0.717) is 17.7 Å². The number of rotatable bonds is 5. The Balaban J connectivity index is 1.36. The number of nitrogens with one attached hydrogen (secondary N) is 1. The Bertz CT molecular complexity index is 506. The fourth-order valence-electron chi connectivity index (χ4n) is 3.44. The average molecular weight is 337 g/mol. The number of amides is 1. The first kappa shape index (κ1) is 16.7. The van der Waals surface area contributed by atoms with Crippen LogP contribution in [0.25, 0.3) is 0 Å². The summed E-state index contributed by atoms with van der Waals surface area (Å²) in [6.45, 7) is 5.34. The molecule has 1 saturated carbocycles. The first-order valence-electron chi connectivity index (χ1n) is 8.63. The van der Waals surface area contributed by atoms with Crippen LogP contribution in [-0.2, 0) is 11.3 Å². The summed E-state index contributed by atoms with van der Waals surface area (Å²) in [7, 11) is 0. The number of nitrogens with two attached hydrogens (primary N) is 1. The van der Waals surface area contributed by atoms with Crippen molar-refractivity contribution in [1.82, 2.24) is 20.1 Å². The van der Waals surface area contributed by atoms with Crippen LogP contribution in [0.3, 0.4) is 0 Å². The lowest BCUT2D eigenvalue weighted by Gasteiger charge is -2.34. The molecule has 1 saturated heterocycles. The third kappa shape index (κ3) is 5.16. The van der Waals surface area contributed by atoms with Crippen molar-refractivity contribution < 1.29 is 4.79 Å². The van der Waals surface area contributed by atoms with Gasteiger partial charge < -0.3 is 11.1 Å². The van der Waals surface area contributed by atoms with Gasteiger partial charge in [0.1, 0.15) is 0 Å². The minimum absolute atomic E-state index is 0.195. The lowest BCUT2D eigenvalue weighted by molar-refractivity contribution is -0.123.